The third-order valence-electron chi connectivity index (χ3n) is 3.93. The van der Waals surface area contributed by atoms with Crippen LogP contribution in [0.3, 0.4) is 0 Å². The van der Waals surface area contributed by atoms with Crippen molar-refractivity contribution in [3.05, 3.63) is 51.5 Å². The van der Waals surface area contributed by atoms with E-state index in [4.69, 9.17) is 11.6 Å². The quantitative estimate of drug-likeness (QED) is 0.830. The maximum absolute atomic E-state index is 13.2. The zero-order valence-electron chi connectivity index (χ0n) is 13.1. The number of hydrogen-bond donors (Lipinski definition) is 2. The summed E-state index contributed by atoms with van der Waals surface area (Å²) in [6, 6.07) is 5.91. The van der Waals surface area contributed by atoms with Crippen LogP contribution in [0.15, 0.2) is 40.0 Å². The Morgan fingerprint density at radius 3 is 2.80 bits per heavy atom. The summed E-state index contributed by atoms with van der Waals surface area (Å²) in [5.74, 6) is -0.0954. The van der Waals surface area contributed by atoms with Crippen LogP contribution in [0, 0.1) is 5.82 Å². The van der Waals surface area contributed by atoms with Crippen LogP contribution in [0.1, 0.15) is 12.8 Å². The molecule has 1 aromatic carbocycles. The number of nitrogens with zero attached hydrogens (tertiary/aromatic N) is 2. The molecule has 3 rings (SSSR count). The average molecular weight is 387 g/mol. The van der Waals surface area contributed by atoms with Gasteiger partial charge < -0.3 is 4.90 Å². The Hall–Kier alpha value is -1.97. The molecule has 0 amide bonds. The van der Waals surface area contributed by atoms with Gasteiger partial charge in [0.2, 0.25) is 10.0 Å². The van der Waals surface area contributed by atoms with E-state index in [9.17, 15) is 17.6 Å². The molecule has 10 heteroatoms. The van der Waals surface area contributed by atoms with E-state index in [1.54, 1.807) is 6.07 Å². The molecule has 134 valence electrons. The third kappa shape index (κ3) is 4.17. The number of halogens is 2. The lowest BCUT2D eigenvalue weighted by molar-refractivity contribution is 0.463. The number of benzene rings is 1. The second-order valence-electron chi connectivity index (χ2n) is 5.76. The van der Waals surface area contributed by atoms with Gasteiger partial charge in [0, 0.05) is 25.2 Å². The lowest BCUT2D eigenvalue weighted by atomic mass is 10.1. The number of piperidine rings is 1. The van der Waals surface area contributed by atoms with Gasteiger partial charge in [0.05, 0.1) is 9.92 Å². The summed E-state index contributed by atoms with van der Waals surface area (Å²) in [7, 11) is -3.82. The molecule has 25 heavy (non-hydrogen) atoms. The zero-order valence-corrected chi connectivity index (χ0v) is 14.6. The zero-order chi connectivity index (χ0) is 18.0. The third-order valence-corrected chi connectivity index (χ3v) is 5.74. The van der Waals surface area contributed by atoms with Gasteiger partial charge in [-0.3, -0.25) is 4.79 Å². The van der Waals surface area contributed by atoms with Crippen molar-refractivity contribution in [2.24, 2.45) is 0 Å². The molecule has 2 N–H and O–H groups in total. The molecule has 1 aliphatic heterocycles. The van der Waals surface area contributed by atoms with E-state index in [-0.39, 0.29) is 21.5 Å². The number of anilines is 1. The molecule has 1 saturated heterocycles. The second-order valence-corrected chi connectivity index (χ2v) is 7.88. The van der Waals surface area contributed by atoms with E-state index < -0.39 is 15.8 Å². The van der Waals surface area contributed by atoms with Gasteiger partial charge in [-0.05, 0) is 37.1 Å². The molecule has 2 aromatic rings. The van der Waals surface area contributed by atoms with Gasteiger partial charge >= 0.3 is 0 Å². The molecule has 0 saturated carbocycles. The van der Waals surface area contributed by atoms with Crippen LogP contribution in [0.25, 0.3) is 0 Å². The summed E-state index contributed by atoms with van der Waals surface area (Å²) in [5, 5.41) is 6.08. The highest BCUT2D eigenvalue weighted by Crippen LogP contribution is 2.21. The Balaban J connectivity index is 1.74. The van der Waals surface area contributed by atoms with Gasteiger partial charge in [-0.25, -0.2) is 22.6 Å². The number of aromatic nitrogens is 2. The van der Waals surface area contributed by atoms with Crippen LogP contribution in [-0.2, 0) is 10.0 Å². The highest BCUT2D eigenvalue weighted by atomic mass is 35.5. The number of nitrogens with one attached hydrogen (secondary N) is 2. The molecule has 7 nitrogen and oxygen atoms in total. The number of H-pyrrole nitrogens is 1. The van der Waals surface area contributed by atoms with E-state index in [1.165, 1.54) is 12.1 Å². The number of aromatic amines is 1. The number of hydrogen-bond acceptors (Lipinski definition) is 5. The minimum absolute atomic E-state index is 0.0850. The Labute approximate surface area is 148 Å². The van der Waals surface area contributed by atoms with Crippen LogP contribution >= 0.6 is 11.6 Å². The van der Waals surface area contributed by atoms with E-state index in [0.29, 0.717) is 25.3 Å². The highest BCUT2D eigenvalue weighted by Gasteiger charge is 2.26. The maximum atomic E-state index is 13.2. The molecule has 0 aliphatic carbocycles. The lowest BCUT2D eigenvalue weighted by Gasteiger charge is -2.33. The molecule has 0 spiro atoms. The molecule has 1 atom stereocenters. The van der Waals surface area contributed by atoms with Crippen LogP contribution in [0.2, 0.25) is 5.02 Å². The molecule has 1 aromatic heterocycles. The fourth-order valence-electron chi connectivity index (χ4n) is 2.73. The SMILES string of the molecule is O=c1ccc(N2CCC[C@H](NS(=O)(=O)c3ccc(F)c(Cl)c3)C2)n[nH]1. The fourth-order valence-corrected chi connectivity index (χ4v) is 4.26. The summed E-state index contributed by atoms with van der Waals surface area (Å²) in [4.78, 5) is 12.9. The van der Waals surface area contributed by atoms with Crippen LogP contribution in [0.4, 0.5) is 10.2 Å². The topological polar surface area (TPSA) is 95.2 Å². The predicted octanol–water partition coefficient (Wildman–Crippen LogP) is 1.51. The summed E-state index contributed by atoms with van der Waals surface area (Å²) in [6.07, 6.45) is 1.42. The monoisotopic (exact) mass is 386 g/mol. The molecule has 2 heterocycles. The van der Waals surface area contributed by atoms with Crippen LogP contribution < -0.4 is 15.2 Å². The van der Waals surface area contributed by atoms with Gasteiger partial charge in [0.15, 0.2) is 0 Å². The van der Waals surface area contributed by atoms with Crippen LogP contribution in [0.5, 0.6) is 0 Å². The predicted molar refractivity (Wildman–Crippen MR) is 91.8 cm³/mol. The summed E-state index contributed by atoms with van der Waals surface area (Å²) in [5.41, 5.74) is -0.300. The van der Waals surface area contributed by atoms with Crippen molar-refractivity contribution in [3.8, 4) is 0 Å². The average Bonchev–Trinajstić information content (AvgIpc) is 2.58. The Bertz CT molecular complexity index is 914. The molecule has 1 aliphatic rings. The molecular weight excluding hydrogens is 371 g/mol. The van der Waals surface area contributed by atoms with E-state index in [0.717, 1.165) is 18.6 Å². The van der Waals surface area contributed by atoms with Gasteiger partial charge in [-0.2, -0.15) is 5.10 Å². The number of sulfonamides is 1. The number of rotatable bonds is 4. The maximum Gasteiger partial charge on any atom is 0.264 e. The van der Waals surface area contributed by atoms with Crippen molar-refractivity contribution in [1.82, 2.24) is 14.9 Å². The van der Waals surface area contributed by atoms with Crippen molar-refractivity contribution in [2.75, 3.05) is 18.0 Å². The van der Waals surface area contributed by atoms with Gasteiger partial charge in [-0.1, -0.05) is 11.6 Å². The highest BCUT2D eigenvalue weighted by molar-refractivity contribution is 7.89. The van der Waals surface area contributed by atoms with Crippen molar-refractivity contribution < 1.29 is 12.8 Å². The summed E-state index contributed by atoms with van der Waals surface area (Å²) in [6.45, 7) is 1.12. The molecule has 0 unspecified atom stereocenters. The first-order valence-corrected chi connectivity index (χ1v) is 9.49. The Kier molecular flexibility index (Phi) is 5.07. The van der Waals surface area contributed by atoms with Gasteiger partial charge in [0.1, 0.15) is 11.6 Å². The summed E-state index contributed by atoms with van der Waals surface area (Å²) < 4.78 is 40.8. The van der Waals surface area contributed by atoms with Gasteiger partial charge in [0.25, 0.3) is 5.56 Å². The first kappa shape index (κ1) is 17.8. The minimum Gasteiger partial charge on any atom is -0.354 e. The van der Waals surface area contributed by atoms with E-state index in [1.807, 2.05) is 4.90 Å². The molecule has 1 fully saturated rings. The normalized spacial score (nSPS) is 18.3. The largest absolute Gasteiger partial charge is 0.354 e. The van der Waals surface area contributed by atoms with Crippen molar-refractivity contribution in [1.29, 1.82) is 0 Å². The molecular formula is C15H16ClFN4O3S. The second kappa shape index (κ2) is 7.11. The van der Waals surface area contributed by atoms with E-state index in [2.05, 4.69) is 14.9 Å². The Morgan fingerprint density at radius 2 is 2.12 bits per heavy atom. The van der Waals surface area contributed by atoms with Gasteiger partial charge in [-0.15, -0.1) is 0 Å². The smallest absolute Gasteiger partial charge is 0.264 e. The standard InChI is InChI=1S/C15H16ClFN4O3S/c16-12-8-11(3-4-13(12)17)25(23,24)20-10-2-1-7-21(9-10)14-5-6-15(22)19-18-14/h3-6,8,10,20H,1-2,7,9H2,(H,19,22)/t10-/m0/s1. The van der Waals surface area contributed by atoms with Crippen molar-refractivity contribution >= 4 is 27.4 Å². The lowest BCUT2D eigenvalue weighted by Crippen LogP contribution is -2.48. The minimum atomic E-state index is -3.82. The van der Waals surface area contributed by atoms with Crippen molar-refractivity contribution in [2.45, 2.75) is 23.8 Å². The first-order chi connectivity index (χ1) is 11.8. The molecule has 0 radical (unpaired) electrons. The van der Waals surface area contributed by atoms with Crippen molar-refractivity contribution in [3.63, 3.8) is 0 Å². The molecule has 0 bridgehead atoms. The first-order valence-electron chi connectivity index (χ1n) is 7.63. The van der Waals surface area contributed by atoms with Crippen LogP contribution in [-0.4, -0.2) is 37.7 Å². The fraction of sp³-hybridized carbons (Fsp3) is 0.333. The van der Waals surface area contributed by atoms with E-state index >= 15 is 0 Å². The Morgan fingerprint density at radius 1 is 1.32 bits per heavy atom. The summed E-state index contributed by atoms with van der Waals surface area (Å²) >= 11 is 5.67.